The zero-order chi connectivity index (χ0) is 12.5. The van der Waals surface area contributed by atoms with Gasteiger partial charge in [0.2, 0.25) is 0 Å². The lowest BCUT2D eigenvalue weighted by molar-refractivity contribution is 0.176. The molecule has 0 saturated heterocycles. The van der Waals surface area contributed by atoms with Gasteiger partial charge in [0.05, 0.1) is 21.4 Å². The van der Waals surface area contributed by atoms with Crippen LogP contribution in [0.3, 0.4) is 0 Å². The molecule has 0 aromatic heterocycles. The van der Waals surface area contributed by atoms with E-state index in [4.69, 9.17) is 23.2 Å². The fourth-order valence-corrected chi connectivity index (χ4v) is 2.13. The first kappa shape index (κ1) is 13.8. The van der Waals surface area contributed by atoms with Gasteiger partial charge in [-0.2, -0.15) is 0 Å². The van der Waals surface area contributed by atoms with Crippen molar-refractivity contribution in [3.8, 4) is 0 Å². The highest BCUT2D eigenvalue weighted by Crippen LogP contribution is 2.28. The Labute approximate surface area is 105 Å². The molecule has 6 heteroatoms. The van der Waals surface area contributed by atoms with Crippen LogP contribution in [-0.2, 0) is 9.84 Å². The predicted molar refractivity (Wildman–Crippen MR) is 65.7 cm³/mol. The molecule has 1 aromatic rings. The molecule has 0 fully saturated rings. The number of rotatable bonds is 3. The van der Waals surface area contributed by atoms with Gasteiger partial charge in [0.1, 0.15) is 0 Å². The number of benzene rings is 1. The number of halogens is 2. The summed E-state index contributed by atoms with van der Waals surface area (Å²) in [6.45, 7) is 1.45. The summed E-state index contributed by atoms with van der Waals surface area (Å²) in [4.78, 5) is 0. The molecule has 1 rings (SSSR count). The monoisotopic (exact) mass is 282 g/mol. The second kappa shape index (κ2) is 4.92. The number of aliphatic hydroxyl groups is 1. The van der Waals surface area contributed by atoms with Crippen molar-refractivity contribution in [3.05, 3.63) is 33.8 Å². The Morgan fingerprint density at radius 2 is 1.81 bits per heavy atom. The first-order chi connectivity index (χ1) is 7.23. The number of aliphatic hydroxyl groups excluding tert-OH is 1. The highest BCUT2D eigenvalue weighted by Gasteiger charge is 2.25. The average Bonchev–Trinajstić information content (AvgIpc) is 2.18. The predicted octanol–water partition coefficient (Wildman–Crippen LogP) is 2.46. The summed E-state index contributed by atoms with van der Waals surface area (Å²) < 4.78 is 22.6. The van der Waals surface area contributed by atoms with Gasteiger partial charge in [-0.3, -0.25) is 0 Å². The molecule has 0 amide bonds. The quantitative estimate of drug-likeness (QED) is 0.927. The van der Waals surface area contributed by atoms with E-state index in [0.717, 1.165) is 6.26 Å². The molecule has 1 aromatic carbocycles. The van der Waals surface area contributed by atoms with E-state index in [1.165, 1.54) is 19.1 Å². The van der Waals surface area contributed by atoms with Crippen LogP contribution in [0.15, 0.2) is 18.2 Å². The first-order valence-electron chi connectivity index (χ1n) is 4.55. The molecular formula is C10H12Cl2O3S. The summed E-state index contributed by atoms with van der Waals surface area (Å²) in [5.74, 6) is 0. The van der Waals surface area contributed by atoms with Crippen molar-refractivity contribution in [1.29, 1.82) is 0 Å². The van der Waals surface area contributed by atoms with Crippen LogP contribution in [0.4, 0.5) is 0 Å². The largest absolute Gasteiger partial charge is 0.387 e. The zero-order valence-electron chi connectivity index (χ0n) is 8.81. The van der Waals surface area contributed by atoms with Crippen LogP contribution in [0.2, 0.25) is 10.0 Å². The summed E-state index contributed by atoms with van der Waals surface area (Å²) in [5.41, 5.74) is 0.437. The maximum atomic E-state index is 11.3. The average molecular weight is 283 g/mol. The second-order valence-electron chi connectivity index (χ2n) is 3.65. The molecule has 0 aliphatic heterocycles. The molecule has 0 heterocycles. The van der Waals surface area contributed by atoms with Crippen LogP contribution in [0.1, 0.15) is 18.6 Å². The van der Waals surface area contributed by atoms with Crippen LogP contribution in [0.5, 0.6) is 0 Å². The summed E-state index contributed by atoms with van der Waals surface area (Å²) in [6, 6.07) is 4.55. The van der Waals surface area contributed by atoms with Crippen molar-refractivity contribution in [2.45, 2.75) is 18.3 Å². The summed E-state index contributed by atoms with van der Waals surface area (Å²) >= 11 is 11.5. The molecule has 2 atom stereocenters. The normalized spacial score (nSPS) is 15.8. The van der Waals surface area contributed by atoms with Gasteiger partial charge in [-0.1, -0.05) is 29.3 Å². The highest BCUT2D eigenvalue weighted by molar-refractivity contribution is 7.91. The molecule has 0 aliphatic rings. The van der Waals surface area contributed by atoms with Gasteiger partial charge >= 0.3 is 0 Å². The molecule has 0 bridgehead atoms. The Morgan fingerprint density at radius 1 is 1.25 bits per heavy atom. The standard InChI is InChI=1S/C10H12Cl2O3S/c1-6(16(2,14)15)10(13)7-3-4-8(11)9(12)5-7/h3-6,10,13H,1-2H3. The molecule has 90 valence electrons. The third-order valence-electron chi connectivity index (χ3n) is 2.41. The van der Waals surface area contributed by atoms with E-state index < -0.39 is 21.2 Å². The maximum absolute atomic E-state index is 11.3. The van der Waals surface area contributed by atoms with E-state index in [1.54, 1.807) is 6.07 Å². The lowest BCUT2D eigenvalue weighted by Gasteiger charge is -2.17. The maximum Gasteiger partial charge on any atom is 0.152 e. The van der Waals surface area contributed by atoms with E-state index >= 15 is 0 Å². The van der Waals surface area contributed by atoms with Crippen molar-refractivity contribution >= 4 is 33.0 Å². The van der Waals surface area contributed by atoms with E-state index in [-0.39, 0.29) is 0 Å². The molecule has 3 nitrogen and oxygen atoms in total. The lowest BCUT2D eigenvalue weighted by Crippen LogP contribution is -2.24. The van der Waals surface area contributed by atoms with Crippen molar-refractivity contribution in [3.63, 3.8) is 0 Å². The Bertz CT molecular complexity index is 485. The number of sulfone groups is 1. The van der Waals surface area contributed by atoms with Gasteiger partial charge < -0.3 is 5.11 Å². The van der Waals surface area contributed by atoms with Crippen LogP contribution in [0.25, 0.3) is 0 Å². The SMILES string of the molecule is CC(C(O)c1ccc(Cl)c(Cl)c1)S(C)(=O)=O. The summed E-state index contributed by atoms with van der Waals surface area (Å²) in [5, 5.41) is 9.63. The molecule has 16 heavy (non-hydrogen) atoms. The van der Waals surface area contributed by atoms with E-state index in [2.05, 4.69) is 0 Å². The molecule has 1 N–H and O–H groups in total. The summed E-state index contributed by atoms with van der Waals surface area (Å²) in [7, 11) is -3.30. The van der Waals surface area contributed by atoms with Crippen molar-refractivity contribution in [1.82, 2.24) is 0 Å². The van der Waals surface area contributed by atoms with Gasteiger partial charge in [0.25, 0.3) is 0 Å². The molecule has 0 radical (unpaired) electrons. The van der Waals surface area contributed by atoms with Crippen molar-refractivity contribution in [2.24, 2.45) is 0 Å². The van der Waals surface area contributed by atoms with Crippen molar-refractivity contribution in [2.75, 3.05) is 6.26 Å². The third kappa shape index (κ3) is 3.10. The molecule has 0 aliphatic carbocycles. The van der Waals surface area contributed by atoms with E-state index in [9.17, 15) is 13.5 Å². The Kier molecular flexibility index (Phi) is 4.23. The fourth-order valence-electron chi connectivity index (χ4n) is 1.20. The van der Waals surface area contributed by atoms with Crippen LogP contribution >= 0.6 is 23.2 Å². The van der Waals surface area contributed by atoms with Gasteiger partial charge in [0.15, 0.2) is 9.84 Å². The minimum atomic E-state index is -3.30. The van der Waals surface area contributed by atoms with Crippen LogP contribution in [-0.4, -0.2) is 25.0 Å². The van der Waals surface area contributed by atoms with Gasteiger partial charge in [-0.25, -0.2) is 8.42 Å². The van der Waals surface area contributed by atoms with Crippen LogP contribution < -0.4 is 0 Å². The minimum absolute atomic E-state index is 0.291. The summed E-state index contributed by atoms with van der Waals surface area (Å²) in [6.07, 6.45) is -0.0249. The van der Waals surface area contributed by atoms with Gasteiger partial charge in [-0.05, 0) is 24.6 Å². The molecule has 0 saturated carbocycles. The lowest BCUT2D eigenvalue weighted by atomic mass is 10.1. The minimum Gasteiger partial charge on any atom is -0.387 e. The second-order valence-corrected chi connectivity index (χ2v) is 6.87. The number of hydrogen-bond donors (Lipinski definition) is 1. The fraction of sp³-hybridized carbons (Fsp3) is 0.400. The smallest absolute Gasteiger partial charge is 0.152 e. The van der Waals surface area contributed by atoms with Gasteiger partial charge in [-0.15, -0.1) is 0 Å². The van der Waals surface area contributed by atoms with Gasteiger partial charge in [0, 0.05) is 6.26 Å². The Balaban J connectivity index is 3.06. The molecular weight excluding hydrogens is 271 g/mol. The van der Waals surface area contributed by atoms with E-state index in [1.807, 2.05) is 0 Å². The molecule has 0 spiro atoms. The van der Waals surface area contributed by atoms with E-state index in [0.29, 0.717) is 15.6 Å². The Hall–Kier alpha value is -0.290. The topological polar surface area (TPSA) is 54.4 Å². The number of hydrogen-bond acceptors (Lipinski definition) is 3. The Morgan fingerprint density at radius 3 is 2.25 bits per heavy atom. The highest BCUT2D eigenvalue weighted by atomic mass is 35.5. The first-order valence-corrected chi connectivity index (χ1v) is 7.26. The van der Waals surface area contributed by atoms with Crippen molar-refractivity contribution < 1.29 is 13.5 Å². The van der Waals surface area contributed by atoms with Crippen LogP contribution in [0, 0.1) is 0 Å². The third-order valence-corrected chi connectivity index (χ3v) is 4.75. The zero-order valence-corrected chi connectivity index (χ0v) is 11.1. The molecule has 2 unspecified atom stereocenters.